The summed E-state index contributed by atoms with van der Waals surface area (Å²) in [5.74, 6) is -0.453. The molecule has 1 aromatic carbocycles. The first-order valence-corrected chi connectivity index (χ1v) is 9.35. The first kappa shape index (κ1) is 19.0. The average Bonchev–Trinajstić information content (AvgIpc) is 2.44. The van der Waals surface area contributed by atoms with Crippen LogP contribution in [-0.4, -0.2) is 32.7 Å². The lowest BCUT2D eigenvalue weighted by molar-refractivity contribution is -0.121. The van der Waals surface area contributed by atoms with E-state index in [0.717, 1.165) is 6.26 Å². The Morgan fingerprint density at radius 1 is 1.35 bits per heavy atom. The van der Waals surface area contributed by atoms with E-state index >= 15 is 0 Å². The van der Waals surface area contributed by atoms with Crippen molar-refractivity contribution >= 4 is 21.4 Å². The zero-order valence-electron chi connectivity index (χ0n) is 13.9. The van der Waals surface area contributed by atoms with Crippen molar-refractivity contribution in [3.05, 3.63) is 29.8 Å². The molecule has 0 spiro atoms. The third kappa shape index (κ3) is 5.91. The minimum Gasteiger partial charge on any atom is -0.376 e. The number of benzene rings is 1. The van der Waals surface area contributed by atoms with Crippen LogP contribution in [0.3, 0.4) is 0 Å². The number of para-hydroxylation sites is 1. The molecule has 0 saturated carbocycles. The fourth-order valence-corrected chi connectivity index (χ4v) is 2.73. The maximum atomic E-state index is 12.0. The molecule has 2 N–H and O–H groups in total. The lowest BCUT2D eigenvalue weighted by Crippen LogP contribution is -2.50. The van der Waals surface area contributed by atoms with Crippen LogP contribution >= 0.6 is 0 Å². The maximum absolute atomic E-state index is 12.0. The van der Waals surface area contributed by atoms with Gasteiger partial charge in [-0.1, -0.05) is 32.0 Å². The predicted molar refractivity (Wildman–Crippen MR) is 90.5 cm³/mol. The van der Waals surface area contributed by atoms with Crippen LogP contribution in [0, 0.1) is 17.2 Å². The zero-order valence-corrected chi connectivity index (χ0v) is 14.7. The van der Waals surface area contributed by atoms with Gasteiger partial charge in [0.2, 0.25) is 5.91 Å². The molecule has 1 aromatic rings. The van der Waals surface area contributed by atoms with E-state index in [9.17, 15) is 18.5 Å². The summed E-state index contributed by atoms with van der Waals surface area (Å²) in [6, 6.07) is 9.05. The number of amides is 1. The third-order valence-corrected chi connectivity index (χ3v) is 4.50. The highest BCUT2D eigenvalue weighted by Crippen LogP contribution is 2.18. The van der Waals surface area contributed by atoms with Crippen LogP contribution in [0.25, 0.3) is 0 Å². The SMILES string of the molecule is CC(C)[C@@](C)(C#N)NC(=O)CNc1ccccc1CS(C)(=O)=O. The fraction of sp³-hybridized carbons (Fsp3) is 0.500. The van der Waals surface area contributed by atoms with E-state index in [-0.39, 0.29) is 24.1 Å². The maximum Gasteiger partial charge on any atom is 0.240 e. The monoisotopic (exact) mass is 337 g/mol. The first-order valence-electron chi connectivity index (χ1n) is 7.29. The number of carbonyl (C=O) groups excluding carboxylic acids is 1. The van der Waals surface area contributed by atoms with Gasteiger partial charge >= 0.3 is 0 Å². The Hall–Kier alpha value is -2.07. The van der Waals surface area contributed by atoms with Gasteiger partial charge in [0.25, 0.3) is 0 Å². The third-order valence-electron chi connectivity index (χ3n) is 3.66. The summed E-state index contributed by atoms with van der Waals surface area (Å²) >= 11 is 0. The lowest BCUT2D eigenvalue weighted by Gasteiger charge is -2.27. The van der Waals surface area contributed by atoms with Gasteiger partial charge in [-0.05, 0) is 24.5 Å². The molecule has 0 unspecified atom stereocenters. The highest BCUT2D eigenvalue weighted by molar-refractivity contribution is 7.89. The number of rotatable bonds is 7. The molecule has 0 aromatic heterocycles. The Labute approximate surface area is 137 Å². The van der Waals surface area contributed by atoms with Crippen molar-refractivity contribution in [2.24, 2.45) is 5.92 Å². The molecule has 0 saturated heterocycles. The number of hydrogen-bond acceptors (Lipinski definition) is 5. The van der Waals surface area contributed by atoms with Gasteiger partial charge in [-0.2, -0.15) is 5.26 Å². The summed E-state index contributed by atoms with van der Waals surface area (Å²) in [5, 5.41) is 14.8. The van der Waals surface area contributed by atoms with Gasteiger partial charge in [0, 0.05) is 11.9 Å². The highest BCUT2D eigenvalue weighted by atomic mass is 32.2. The van der Waals surface area contributed by atoms with Crippen LogP contribution in [0.2, 0.25) is 0 Å². The highest BCUT2D eigenvalue weighted by Gasteiger charge is 2.29. The van der Waals surface area contributed by atoms with Gasteiger partial charge in [0.15, 0.2) is 9.84 Å². The van der Waals surface area contributed by atoms with E-state index in [4.69, 9.17) is 0 Å². The summed E-state index contributed by atoms with van der Waals surface area (Å²) in [5.41, 5.74) is 0.261. The molecule has 0 radical (unpaired) electrons. The number of nitriles is 1. The Bertz CT molecular complexity index is 708. The molecule has 7 heteroatoms. The molecule has 1 atom stereocenters. The van der Waals surface area contributed by atoms with Crippen LogP contribution in [0.4, 0.5) is 5.69 Å². The predicted octanol–water partition coefficient (Wildman–Crippen LogP) is 1.70. The molecule has 0 aliphatic rings. The topological polar surface area (TPSA) is 99.1 Å². The van der Waals surface area contributed by atoms with Gasteiger partial charge in [-0.15, -0.1) is 0 Å². The molecular weight excluding hydrogens is 314 g/mol. The second kappa shape index (κ2) is 7.47. The molecule has 0 aliphatic heterocycles. The smallest absolute Gasteiger partial charge is 0.240 e. The molecule has 23 heavy (non-hydrogen) atoms. The molecular formula is C16H23N3O3S. The number of nitrogens with zero attached hydrogens (tertiary/aromatic N) is 1. The van der Waals surface area contributed by atoms with Gasteiger partial charge in [-0.25, -0.2) is 8.42 Å². The second-order valence-electron chi connectivity index (χ2n) is 6.10. The largest absolute Gasteiger partial charge is 0.376 e. The van der Waals surface area contributed by atoms with E-state index in [1.165, 1.54) is 0 Å². The van der Waals surface area contributed by atoms with Gasteiger partial charge in [0.1, 0.15) is 5.54 Å². The fourth-order valence-electron chi connectivity index (χ4n) is 1.91. The molecule has 1 rings (SSSR count). The van der Waals surface area contributed by atoms with Crippen LogP contribution in [0.1, 0.15) is 26.3 Å². The van der Waals surface area contributed by atoms with Crippen molar-refractivity contribution in [1.29, 1.82) is 5.26 Å². The van der Waals surface area contributed by atoms with Crippen molar-refractivity contribution in [2.75, 3.05) is 18.1 Å². The van der Waals surface area contributed by atoms with Crippen LogP contribution < -0.4 is 10.6 Å². The lowest BCUT2D eigenvalue weighted by atomic mass is 9.90. The van der Waals surface area contributed by atoms with Gasteiger partial charge in [0.05, 0.1) is 18.4 Å². The molecule has 126 valence electrons. The van der Waals surface area contributed by atoms with Crippen molar-refractivity contribution < 1.29 is 13.2 Å². The molecule has 0 bridgehead atoms. The van der Waals surface area contributed by atoms with Gasteiger partial charge in [-0.3, -0.25) is 4.79 Å². The number of nitrogens with one attached hydrogen (secondary N) is 2. The minimum atomic E-state index is -3.17. The standard InChI is InChI=1S/C16H23N3O3S/c1-12(2)16(3,11-17)19-15(20)9-18-14-8-6-5-7-13(14)10-23(4,21)22/h5-8,12,18H,9-10H2,1-4H3,(H,19,20)/t16-/m1/s1. The quantitative estimate of drug-likeness (QED) is 0.789. The average molecular weight is 337 g/mol. The first-order chi connectivity index (χ1) is 10.6. The summed E-state index contributed by atoms with van der Waals surface area (Å²) in [4.78, 5) is 12.0. The normalized spacial score (nSPS) is 13.9. The number of sulfone groups is 1. The Morgan fingerprint density at radius 3 is 2.48 bits per heavy atom. The van der Waals surface area contributed by atoms with E-state index in [1.807, 2.05) is 13.8 Å². The van der Waals surface area contributed by atoms with Crippen LogP contribution in [-0.2, 0) is 20.4 Å². The summed E-state index contributed by atoms with van der Waals surface area (Å²) < 4.78 is 22.9. The Balaban J connectivity index is 2.76. The summed E-state index contributed by atoms with van der Waals surface area (Å²) in [7, 11) is -3.17. The number of anilines is 1. The van der Waals surface area contributed by atoms with Crippen molar-refractivity contribution in [3.8, 4) is 6.07 Å². The second-order valence-corrected chi connectivity index (χ2v) is 8.24. The van der Waals surface area contributed by atoms with E-state index in [0.29, 0.717) is 11.3 Å². The zero-order chi connectivity index (χ0) is 17.7. The minimum absolute atomic E-state index is 0.0334. The molecule has 1 amide bonds. The molecule has 6 nitrogen and oxygen atoms in total. The molecule has 0 aliphatic carbocycles. The van der Waals surface area contributed by atoms with Crippen molar-refractivity contribution in [3.63, 3.8) is 0 Å². The van der Waals surface area contributed by atoms with Crippen molar-refractivity contribution in [1.82, 2.24) is 5.32 Å². The Morgan fingerprint density at radius 2 is 1.96 bits per heavy atom. The van der Waals surface area contributed by atoms with Crippen molar-refractivity contribution in [2.45, 2.75) is 32.1 Å². The van der Waals surface area contributed by atoms with E-state index < -0.39 is 15.4 Å². The molecule has 0 fully saturated rings. The summed E-state index contributed by atoms with van der Waals surface area (Å²) in [6.45, 7) is 5.36. The number of carbonyl (C=O) groups is 1. The summed E-state index contributed by atoms with van der Waals surface area (Å²) in [6.07, 6.45) is 1.16. The Kier molecular flexibility index (Phi) is 6.16. The van der Waals surface area contributed by atoms with Crippen LogP contribution in [0.5, 0.6) is 0 Å². The van der Waals surface area contributed by atoms with Crippen LogP contribution in [0.15, 0.2) is 24.3 Å². The number of hydrogen-bond donors (Lipinski definition) is 2. The van der Waals surface area contributed by atoms with E-state index in [1.54, 1.807) is 31.2 Å². The van der Waals surface area contributed by atoms with Gasteiger partial charge < -0.3 is 10.6 Å². The van der Waals surface area contributed by atoms with E-state index in [2.05, 4.69) is 16.7 Å². The molecule has 0 heterocycles.